The van der Waals surface area contributed by atoms with Crippen LogP contribution < -0.4 is 0 Å². The predicted octanol–water partition coefficient (Wildman–Crippen LogP) is 8.72. The minimum Gasteiger partial charge on any atom is -0.206 e. The molecule has 0 aliphatic heterocycles. The average Bonchev–Trinajstić information content (AvgIpc) is 2.69. The molecule has 0 N–H and O–H groups in total. The first-order chi connectivity index (χ1) is 13.1. The van der Waals surface area contributed by atoms with Crippen LogP contribution in [0.4, 0.5) is 4.39 Å². The van der Waals surface area contributed by atoms with Crippen LogP contribution in [0.3, 0.4) is 0 Å². The molecule has 0 saturated heterocycles. The lowest BCUT2D eigenvalue weighted by atomic mass is 9.79. The lowest BCUT2D eigenvalue weighted by Crippen LogP contribution is -2.11. The summed E-state index contributed by atoms with van der Waals surface area (Å²) in [7, 11) is 0. The van der Waals surface area contributed by atoms with Crippen molar-refractivity contribution in [3.05, 3.63) is 59.4 Å². The predicted molar refractivity (Wildman–Crippen MR) is 119 cm³/mol. The van der Waals surface area contributed by atoms with Gasteiger partial charge in [0.1, 0.15) is 5.82 Å². The third-order valence-electron chi connectivity index (χ3n) is 7.19. The Kier molecular flexibility index (Phi) is 6.96. The zero-order valence-corrected chi connectivity index (χ0v) is 16.9. The molecule has 0 spiro atoms. The van der Waals surface area contributed by atoms with Gasteiger partial charge in [-0.25, -0.2) is 4.39 Å². The van der Waals surface area contributed by atoms with Crippen LogP contribution >= 0.6 is 0 Å². The Morgan fingerprint density at radius 3 is 1.61 bits per heavy atom. The van der Waals surface area contributed by atoms with Crippen molar-refractivity contribution in [3.63, 3.8) is 0 Å². The molecule has 0 amide bonds. The van der Waals surface area contributed by atoms with Gasteiger partial charge in [-0.3, -0.25) is 0 Å². The number of halogens is 1. The highest BCUT2D eigenvalue weighted by molar-refractivity contribution is 5.65. The van der Waals surface area contributed by atoms with E-state index in [0.717, 1.165) is 23.0 Å². The van der Waals surface area contributed by atoms with E-state index in [-0.39, 0.29) is 13.2 Å². The summed E-state index contributed by atoms with van der Waals surface area (Å²) in [6, 6.07) is 14.7. The topological polar surface area (TPSA) is 0 Å². The van der Waals surface area contributed by atoms with E-state index in [9.17, 15) is 4.39 Å². The lowest BCUT2D eigenvalue weighted by Gasteiger charge is -2.27. The summed E-state index contributed by atoms with van der Waals surface area (Å²) < 4.78 is 14.9. The molecule has 2 aliphatic rings. The molecule has 4 rings (SSSR count). The Balaban J connectivity index is 0.00000225. The van der Waals surface area contributed by atoms with Gasteiger partial charge >= 0.3 is 0 Å². The van der Waals surface area contributed by atoms with Crippen LogP contribution in [0, 0.1) is 17.7 Å². The monoisotopic (exact) mass is 380 g/mol. The van der Waals surface area contributed by atoms with E-state index in [1.54, 1.807) is 6.07 Å². The molecule has 1 heteroatoms. The maximum atomic E-state index is 14.9. The van der Waals surface area contributed by atoms with Crippen LogP contribution in [-0.4, -0.2) is 0 Å². The quantitative estimate of drug-likeness (QED) is 0.499. The number of hydrogen-bond acceptors (Lipinski definition) is 0. The van der Waals surface area contributed by atoms with E-state index >= 15 is 0 Å². The fourth-order valence-electron chi connectivity index (χ4n) is 5.14. The summed E-state index contributed by atoms with van der Waals surface area (Å²) >= 11 is 0. The summed E-state index contributed by atoms with van der Waals surface area (Å²) in [5, 5.41) is 0. The van der Waals surface area contributed by atoms with Crippen LogP contribution in [-0.2, 0) is 0 Å². The normalized spacial score (nSPS) is 27.8. The van der Waals surface area contributed by atoms with Crippen molar-refractivity contribution in [2.45, 2.75) is 84.5 Å². The average molecular weight is 381 g/mol. The van der Waals surface area contributed by atoms with Crippen molar-refractivity contribution >= 4 is 0 Å². The summed E-state index contributed by atoms with van der Waals surface area (Å²) in [4.78, 5) is 0. The zero-order chi connectivity index (χ0) is 18.8. The van der Waals surface area contributed by atoms with Gasteiger partial charge in [0.05, 0.1) is 0 Å². The van der Waals surface area contributed by atoms with Crippen molar-refractivity contribution in [1.82, 2.24) is 0 Å². The molecule has 0 aromatic heterocycles. The van der Waals surface area contributed by atoms with Gasteiger partial charge in [0.15, 0.2) is 0 Å². The second kappa shape index (κ2) is 9.25. The van der Waals surface area contributed by atoms with Crippen molar-refractivity contribution in [3.8, 4) is 11.1 Å². The van der Waals surface area contributed by atoms with Crippen molar-refractivity contribution in [2.75, 3.05) is 0 Å². The Morgan fingerprint density at radius 2 is 1.11 bits per heavy atom. The molecule has 2 fully saturated rings. The van der Waals surface area contributed by atoms with Gasteiger partial charge < -0.3 is 0 Å². The summed E-state index contributed by atoms with van der Waals surface area (Å²) in [6.45, 7) is 4.69. The molecule has 0 atom stereocenters. The molecule has 2 aliphatic carbocycles. The number of rotatable bonds is 3. The standard InChI is InChI=1S/C26H33F.CH4/c1-18-3-7-20(8-4-18)21-11-13-23(14-12-21)25-16-15-24(17-26(25)27)22-9-5-19(2)6-10-22;/h11-20,22H,3-10H2,1-2H3;1H4. The Hall–Kier alpha value is -1.63. The molecule has 0 bridgehead atoms. The van der Waals surface area contributed by atoms with Crippen LogP contribution in [0.15, 0.2) is 42.5 Å². The second-order valence-corrected chi connectivity index (χ2v) is 9.27. The molecule has 0 radical (unpaired) electrons. The maximum Gasteiger partial charge on any atom is 0.131 e. The fourth-order valence-corrected chi connectivity index (χ4v) is 5.14. The minimum atomic E-state index is -0.0645. The molecule has 0 unspecified atom stereocenters. The van der Waals surface area contributed by atoms with Gasteiger partial charge in [-0.1, -0.05) is 83.4 Å². The first-order valence-corrected chi connectivity index (χ1v) is 11.0. The summed E-state index contributed by atoms with van der Waals surface area (Å²) in [5.74, 6) is 2.87. The van der Waals surface area contributed by atoms with E-state index < -0.39 is 0 Å². The highest BCUT2D eigenvalue weighted by Crippen LogP contribution is 2.38. The Bertz CT molecular complexity index is 744. The van der Waals surface area contributed by atoms with Crippen LogP contribution in [0.25, 0.3) is 11.1 Å². The summed E-state index contributed by atoms with van der Waals surface area (Å²) in [6.07, 6.45) is 10.2. The van der Waals surface area contributed by atoms with Crippen LogP contribution in [0.5, 0.6) is 0 Å². The van der Waals surface area contributed by atoms with Crippen LogP contribution in [0.2, 0.25) is 0 Å². The number of benzene rings is 2. The van der Waals surface area contributed by atoms with E-state index in [1.807, 2.05) is 6.07 Å². The van der Waals surface area contributed by atoms with Gasteiger partial charge in [-0.05, 0) is 72.1 Å². The van der Waals surface area contributed by atoms with Gasteiger partial charge in [0.25, 0.3) is 0 Å². The molecule has 0 nitrogen and oxygen atoms in total. The van der Waals surface area contributed by atoms with Crippen molar-refractivity contribution in [2.24, 2.45) is 11.8 Å². The smallest absolute Gasteiger partial charge is 0.131 e. The van der Waals surface area contributed by atoms with Crippen molar-refractivity contribution in [1.29, 1.82) is 0 Å². The first-order valence-electron chi connectivity index (χ1n) is 11.0. The molecule has 28 heavy (non-hydrogen) atoms. The molecule has 152 valence electrons. The van der Waals surface area contributed by atoms with Gasteiger partial charge in [0.2, 0.25) is 0 Å². The Labute approximate surface area is 171 Å². The molecule has 2 aromatic rings. The fraction of sp³-hybridized carbons (Fsp3) is 0.556. The van der Waals surface area contributed by atoms with Gasteiger partial charge in [-0.2, -0.15) is 0 Å². The van der Waals surface area contributed by atoms with Gasteiger partial charge in [-0.15, -0.1) is 0 Å². The maximum absolute atomic E-state index is 14.9. The second-order valence-electron chi connectivity index (χ2n) is 9.27. The zero-order valence-electron chi connectivity index (χ0n) is 16.9. The van der Waals surface area contributed by atoms with Crippen LogP contribution in [0.1, 0.15) is 95.6 Å². The Morgan fingerprint density at radius 1 is 0.643 bits per heavy atom. The first kappa shape index (κ1) is 21.1. The van der Waals surface area contributed by atoms with E-state index in [2.05, 4.69) is 44.2 Å². The largest absolute Gasteiger partial charge is 0.206 e. The SMILES string of the molecule is C.CC1CCC(c2ccc(-c3ccc(C4CCC(C)CC4)cc3F)cc2)CC1. The highest BCUT2D eigenvalue weighted by Gasteiger charge is 2.22. The molecular formula is C27H37F. The van der Waals surface area contributed by atoms with Gasteiger partial charge in [0, 0.05) is 5.56 Å². The molecule has 0 heterocycles. The molecule has 2 saturated carbocycles. The van der Waals surface area contributed by atoms with Crippen molar-refractivity contribution < 1.29 is 4.39 Å². The number of hydrogen-bond donors (Lipinski definition) is 0. The van der Waals surface area contributed by atoms with E-state index in [4.69, 9.17) is 0 Å². The van der Waals surface area contributed by atoms with E-state index in [1.165, 1.54) is 62.5 Å². The highest BCUT2D eigenvalue weighted by atomic mass is 19.1. The third-order valence-corrected chi connectivity index (χ3v) is 7.19. The van der Waals surface area contributed by atoms with E-state index in [0.29, 0.717) is 11.8 Å². The molecular weight excluding hydrogens is 343 g/mol. The summed E-state index contributed by atoms with van der Waals surface area (Å²) in [5.41, 5.74) is 4.37. The minimum absolute atomic E-state index is 0. The lowest BCUT2D eigenvalue weighted by molar-refractivity contribution is 0.347. The third kappa shape index (κ3) is 4.67. The molecule has 2 aromatic carbocycles.